The van der Waals surface area contributed by atoms with Crippen LogP contribution in [0, 0.1) is 5.41 Å². The Morgan fingerprint density at radius 1 is 1.33 bits per heavy atom. The Kier molecular flexibility index (Phi) is 4.30. The van der Waals surface area contributed by atoms with Crippen LogP contribution in [0.1, 0.15) is 60.6 Å². The fourth-order valence-electron chi connectivity index (χ4n) is 4.48. The Labute approximate surface area is 169 Å². The quantitative estimate of drug-likeness (QED) is 0.629. The number of aromatic amines is 1. The van der Waals surface area contributed by atoms with E-state index in [9.17, 15) is 0 Å². The monoisotopic (exact) mass is 400 g/mol. The number of hydrogen-bond donors (Lipinski definition) is 1. The largest absolute Gasteiger partial charge is 0.341 e. The van der Waals surface area contributed by atoms with E-state index in [1.54, 1.807) is 0 Å². The van der Waals surface area contributed by atoms with Crippen LogP contribution in [0.3, 0.4) is 0 Å². The summed E-state index contributed by atoms with van der Waals surface area (Å²) in [6, 6.07) is 6.20. The van der Waals surface area contributed by atoms with Gasteiger partial charge in [0.15, 0.2) is 0 Å². The molecule has 1 atom stereocenters. The van der Waals surface area contributed by atoms with Crippen molar-refractivity contribution in [1.82, 2.24) is 19.9 Å². The van der Waals surface area contributed by atoms with Gasteiger partial charge in [-0.05, 0) is 62.3 Å². The second-order valence-electron chi connectivity index (χ2n) is 8.73. The number of fused-ring (bicyclic) bond motifs is 2. The third kappa shape index (κ3) is 3.41. The van der Waals surface area contributed by atoms with Gasteiger partial charge in [-0.15, -0.1) is 11.3 Å². The molecule has 4 nitrogen and oxygen atoms in total. The number of hydrogen-bond acceptors (Lipinski definition) is 4. The number of halogens is 1. The summed E-state index contributed by atoms with van der Waals surface area (Å²) in [5.41, 5.74) is 3.79. The second kappa shape index (κ2) is 6.57. The first kappa shape index (κ1) is 17.7. The molecule has 1 unspecified atom stereocenters. The van der Waals surface area contributed by atoms with Gasteiger partial charge in [-0.1, -0.05) is 25.4 Å². The minimum absolute atomic E-state index is 0.341. The molecular weight excluding hydrogens is 376 g/mol. The molecular formula is C21H25ClN4S. The van der Waals surface area contributed by atoms with E-state index in [0.29, 0.717) is 11.5 Å². The first-order chi connectivity index (χ1) is 13.0. The van der Waals surface area contributed by atoms with Crippen molar-refractivity contribution in [3.05, 3.63) is 44.6 Å². The lowest BCUT2D eigenvalue weighted by Gasteiger charge is -2.28. The maximum atomic E-state index is 6.13. The van der Waals surface area contributed by atoms with Crippen molar-refractivity contribution in [2.45, 2.75) is 58.5 Å². The molecule has 5 rings (SSSR count). The smallest absolute Gasteiger partial charge is 0.124 e. The van der Waals surface area contributed by atoms with Gasteiger partial charge < -0.3 is 4.98 Å². The van der Waals surface area contributed by atoms with Crippen LogP contribution in [0.5, 0.6) is 0 Å². The molecule has 2 aliphatic rings. The van der Waals surface area contributed by atoms with Crippen LogP contribution in [-0.4, -0.2) is 26.4 Å². The van der Waals surface area contributed by atoms with E-state index in [2.05, 4.69) is 23.7 Å². The molecule has 1 fully saturated rings. The van der Waals surface area contributed by atoms with Gasteiger partial charge in [-0.3, -0.25) is 4.90 Å². The molecule has 0 saturated carbocycles. The number of thiazole rings is 1. The standard InChI is InChI=1S/C21H25ClN4S/c1-21(2)8-7-15-18(11-21)27-19(23-15)12-26-9-3-4-17(26)20-24-14-6-5-13(22)10-16(14)25-20/h5-6,10,17H,3-4,7-9,11-12H2,1-2H3,(H,24,25). The molecule has 3 aromatic rings. The zero-order chi connectivity index (χ0) is 18.6. The Hall–Kier alpha value is -1.43. The molecule has 6 heteroatoms. The average Bonchev–Trinajstić information content (AvgIpc) is 3.30. The number of aromatic nitrogens is 3. The summed E-state index contributed by atoms with van der Waals surface area (Å²) < 4.78 is 0. The molecule has 0 radical (unpaired) electrons. The molecule has 3 heterocycles. The van der Waals surface area contributed by atoms with Gasteiger partial charge in [-0.25, -0.2) is 9.97 Å². The van der Waals surface area contributed by atoms with Gasteiger partial charge in [-0.2, -0.15) is 0 Å². The summed E-state index contributed by atoms with van der Waals surface area (Å²) in [6.45, 7) is 6.79. The molecule has 27 heavy (non-hydrogen) atoms. The van der Waals surface area contributed by atoms with E-state index in [0.717, 1.165) is 47.8 Å². The van der Waals surface area contributed by atoms with Gasteiger partial charge in [0.2, 0.25) is 0 Å². The first-order valence-electron chi connectivity index (χ1n) is 9.84. The lowest BCUT2D eigenvalue weighted by atomic mass is 9.79. The summed E-state index contributed by atoms with van der Waals surface area (Å²) >= 11 is 8.06. The van der Waals surface area contributed by atoms with Crippen LogP contribution in [0.25, 0.3) is 11.0 Å². The molecule has 1 N–H and O–H groups in total. The van der Waals surface area contributed by atoms with Gasteiger partial charge in [0.25, 0.3) is 0 Å². The van der Waals surface area contributed by atoms with Gasteiger partial charge >= 0.3 is 0 Å². The van der Waals surface area contributed by atoms with E-state index in [1.807, 2.05) is 29.5 Å². The number of H-pyrrole nitrogens is 1. The molecule has 0 amide bonds. The average molecular weight is 401 g/mol. The van der Waals surface area contributed by atoms with Crippen LogP contribution in [-0.2, 0) is 19.4 Å². The highest BCUT2D eigenvalue weighted by Gasteiger charge is 2.31. The summed E-state index contributed by atoms with van der Waals surface area (Å²) in [5.74, 6) is 1.06. The van der Waals surface area contributed by atoms with Crippen molar-refractivity contribution in [2.75, 3.05) is 6.54 Å². The van der Waals surface area contributed by atoms with Gasteiger partial charge in [0.05, 0.1) is 29.3 Å². The summed E-state index contributed by atoms with van der Waals surface area (Å²) in [7, 11) is 0. The molecule has 0 spiro atoms. The number of likely N-dealkylation sites (tertiary alicyclic amines) is 1. The number of benzene rings is 1. The van der Waals surface area contributed by atoms with E-state index in [4.69, 9.17) is 21.6 Å². The van der Waals surface area contributed by atoms with Crippen LogP contribution in [0.4, 0.5) is 0 Å². The molecule has 1 aromatic carbocycles. The minimum atomic E-state index is 0.341. The molecule has 142 valence electrons. The third-order valence-electron chi connectivity index (χ3n) is 5.98. The molecule has 2 aromatic heterocycles. The van der Waals surface area contributed by atoms with E-state index in [-0.39, 0.29) is 0 Å². The van der Waals surface area contributed by atoms with Crippen molar-refractivity contribution >= 4 is 34.0 Å². The Morgan fingerprint density at radius 3 is 3.11 bits per heavy atom. The van der Waals surface area contributed by atoms with Crippen LogP contribution >= 0.6 is 22.9 Å². The van der Waals surface area contributed by atoms with Gasteiger partial charge in [0.1, 0.15) is 10.8 Å². The normalized spacial score (nSPS) is 22.4. The van der Waals surface area contributed by atoms with Crippen molar-refractivity contribution < 1.29 is 0 Å². The zero-order valence-corrected chi connectivity index (χ0v) is 17.5. The van der Waals surface area contributed by atoms with Crippen molar-refractivity contribution in [1.29, 1.82) is 0 Å². The second-order valence-corrected chi connectivity index (χ2v) is 10.3. The van der Waals surface area contributed by atoms with Crippen LogP contribution in [0.15, 0.2) is 18.2 Å². The van der Waals surface area contributed by atoms with Crippen molar-refractivity contribution in [3.63, 3.8) is 0 Å². The van der Waals surface area contributed by atoms with Gasteiger partial charge in [0, 0.05) is 9.90 Å². The number of rotatable bonds is 3. The molecule has 1 aliphatic carbocycles. The minimum Gasteiger partial charge on any atom is -0.341 e. The lowest BCUT2D eigenvalue weighted by Crippen LogP contribution is -2.23. The highest BCUT2D eigenvalue weighted by Crippen LogP contribution is 2.39. The third-order valence-corrected chi connectivity index (χ3v) is 7.30. The lowest BCUT2D eigenvalue weighted by molar-refractivity contribution is 0.240. The molecule has 1 aliphatic heterocycles. The Balaban J connectivity index is 1.38. The maximum absolute atomic E-state index is 6.13. The zero-order valence-electron chi connectivity index (χ0n) is 15.9. The van der Waals surface area contributed by atoms with E-state index in [1.165, 1.54) is 34.8 Å². The fraction of sp³-hybridized carbons (Fsp3) is 0.524. The number of imidazole rings is 1. The van der Waals surface area contributed by atoms with E-state index >= 15 is 0 Å². The maximum Gasteiger partial charge on any atom is 0.124 e. The highest BCUT2D eigenvalue weighted by atomic mass is 35.5. The van der Waals surface area contributed by atoms with Crippen LogP contribution in [0.2, 0.25) is 5.02 Å². The summed E-state index contributed by atoms with van der Waals surface area (Å²) in [5, 5.41) is 2.01. The van der Waals surface area contributed by atoms with Crippen molar-refractivity contribution in [3.8, 4) is 0 Å². The van der Waals surface area contributed by atoms with E-state index < -0.39 is 0 Å². The SMILES string of the molecule is CC1(C)CCc2nc(CN3CCCC3c3nc4ccc(Cl)cc4[nH]3)sc2C1. The Morgan fingerprint density at radius 2 is 2.22 bits per heavy atom. The predicted molar refractivity (Wildman–Crippen MR) is 111 cm³/mol. The topological polar surface area (TPSA) is 44.8 Å². The number of aryl methyl sites for hydroxylation is 1. The summed E-state index contributed by atoms with van der Waals surface area (Å²) in [6.07, 6.45) is 5.91. The fourth-order valence-corrected chi connectivity index (χ4v) is 6.05. The summed E-state index contributed by atoms with van der Waals surface area (Å²) in [4.78, 5) is 17.4. The highest BCUT2D eigenvalue weighted by molar-refractivity contribution is 7.11. The Bertz CT molecular complexity index is 989. The molecule has 1 saturated heterocycles. The van der Waals surface area contributed by atoms with Crippen LogP contribution < -0.4 is 0 Å². The molecule has 0 bridgehead atoms. The number of nitrogens with one attached hydrogen (secondary N) is 1. The predicted octanol–water partition coefficient (Wildman–Crippen LogP) is 5.52. The first-order valence-corrected chi connectivity index (χ1v) is 11.0. The number of nitrogens with zero attached hydrogens (tertiary/aromatic N) is 3. The van der Waals surface area contributed by atoms with Crippen molar-refractivity contribution in [2.24, 2.45) is 5.41 Å².